The van der Waals surface area contributed by atoms with Crippen LogP contribution in [-0.4, -0.2) is 60.7 Å². The summed E-state index contributed by atoms with van der Waals surface area (Å²) in [6.45, 7) is 9.36. The van der Waals surface area contributed by atoms with Crippen molar-refractivity contribution in [2.24, 2.45) is 7.05 Å². The highest BCUT2D eigenvalue weighted by Gasteiger charge is 2.33. The summed E-state index contributed by atoms with van der Waals surface area (Å²) < 4.78 is 3.98. The van der Waals surface area contributed by atoms with Crippen molar-refractivity contribution in [2.45, 2.75) is 58.0 Å². The van der Waals surface area contributed by atoms with Gasteiger partial charge in [-0.15, -0.1) is 15.3 Å². The van der Waals surface area contributed by atoms with Crippen LogP contribution in [0.15, 0.2) is 12.1 Å². The number of aryl methyl sites for hydroxylation is 2. The SMILES string of the molecule is CN(Cc1c2c(nn1C)CCC2)C1CN(c2ccc3nnc(C(C)(C)C)n3n2)C1. The molecular formula is C21H30N8. The van der Waals surface area contributed by atoms with E-state index in [-0.39, 0.29) is 5.41 Å². The molecule has 0 N–H and O–H groups in total. The van der Waals surface area contributed by atoms with E-state index in [0.29, 0.717) is 6.04 Å². The van der Waals surface area contributed by atoms with Crippen LogP contribution in [0.3, 0.4) is 0 Å². The minimum Gasteiger partial charge on any atom is -0.352 e. The fourth-order valence-electron chi connectivity index (χ4n) is 4.49. The molecule has 1 saturated heterocycles. The molecular weight excluding hydrogens is 364 g/mol. The molecule has 3 aromatic heterocycles. The molecule has 0 radical (unpaired) electrons. The van der Waals surface area contributed by atoms with Gasteiger partial charge in [0, 0.05) is 38.1 Å². The first-order valence-electron chi connectivity index (χ1n) is 10.5. The summed E-state index contributed by atoms with van der Waals surface area (Å²) in [4.78, 5) is 4.80. The zero-order chi connectivity index (χ0) is 20.3. The van der Waals surface area contributed by atoms with Gasteiger partial charge in [-0.05, 0) is 44.0 Å². The van der Waals surface area contributed by atoms with E-state index in [2.05, 4.69) is 65.6 Å². The van der Waals surface area contributed by atoms with Crippen molar-refractivity contribution < 1.29 is 0 Å². The lowest BCUT2D eigenvalue weighted by Crippen LogP contribution is -2.58. The van der Waals surface area contributed by atoms with Gasteiger partial charge in [0.15, 0.2) is 11.5 Å². The summed E-state index contributed by atoms with van der Waals surface area (Å²) >= 11 is 0. The maximum absolute atomic E-state index is 4.84. The Bertz CT molecular complexity index is 1050. The van der Waals surface area contributed by atoms with E-state index < -0.39 is 0 Å². The lowest BCUT2D eigenvalue weighted by molar-refractivity contribution is 0.191. The van der Waals surface area contributed by atoms with Crippen molar-refractivity contribution in [3.8, 4) is 0 Å². The summed E-state index contributed by atoms with van der Waals surface area (Å²) in [6, 6.07) is 4.60. The number of hydrogen-bond donors (Lipinski definition) is 0. The minimum absolute atomic E-state index is 0.0912. The van der Waals surface area contributed by atoms with E-state index >= 15 is 0 Å². The van der Waals surface area contributed by atoms with Crippen LogP contribution in [-0.2, 0) is 31.8 Å². The highest BCUT2D eigenvalue weighted by atomic mass is 15.4. The van der Waals surface area contributed by atoms with Gasteiger partial charge in [-0.2, -0.15) is 9.61 Å². The van der Waals surface area contributed by atoms with Crippen molar-refractivity contribution in [1.82, 2.24) is 34.5 Å². The van der Waals surface area contributed by atoms with E-state index in [0.717, 1.165) is 43.3 Å². The molecule has 3 aromatic rings. The molecule has 0 spiro atoms. The summed E-state index contributed by atoms with van der Waals surface area (Å²) in [6.07, 6.45) is 3.57. The second kappa shape index (κ2) is 6.52. The first-order chi connectivity index (χ1) is 13.8. The van der Waals surface area contributed by atoms with E-state index in [4.69, 9.17) is 10.2 Å². The van der Waals surface area contributed by atoms with Crippen LogP contribution < -0.4 is 4.90 Å². The number of nitrogens with zero attached hydrogens (tertiary/aromatic N) is 8. The van der Waals surface area contributed by atoms with E-state index in [1.54, 1.807) is 0 Å². The molecule has 0 aromatic carbocycles. The third-order valence-electron chi connectivity index (χ3n) is 6.33. The van der Waals surface area contributed by atoms with Gasteiger partial charge in [0.05, 0.1) is 11.4 Å². The van der Waals surface area contributed by atoms with Gasteiger partial charge >= 0.3 is 0 Å². The van der Waals surface area contributed by atoms with Gasteiger partial charge in [0.1, 0.15) is 5.82 Å². The van der Waals surface area contributed by atoms with Gasteiger partial charge in [0.2, 0.25) is 0 Å². The Labute approximate surface area is 171 Å². The molecule has 8 heteroatoms. The van der Waals surface area contributed by atoms with E-state index in [9.17, 15) is 0 Å². The molecule has 29 heavy (non-hydrogen) atoms. The molecule has 0 amide bonds. The standard InChI is InChI=1S/C21H30N8/c1-21(2,3)20-23-22-18-9-10-19(25-29(18)20)28-11-14(12-28)26(4)13-17-15-7-6-8-16(15)24-27(17)5/h9-10,14H,6-8,11-13H2,1-5H3. The Morgan fingerprint density at radius 2 is 1.90 bits per heavy atom. The number of anilines is 1. The number of likely N-dealkylation sites (N-methyl/N-ethyl adjacent to an activating group) is 1. The topological polar surface area (TPSA) is 67.4 Å². The second-order valence-corrected chi connectivity index (χ2v) is 9.56. The molecule has 8 nitrogen and oxygen atoms in total. The Morgan fingerprint density at radius 1 is 1.10 bits per heavy atom. The predicted octanol–water partition coefficient (Wildman–Crippen LogP) is 1.96. The lowest BCUT2D eigenvalue weighted by atomic mass is 9.96. The molecule has 0 bridgehead atoms. The molecule has 0 atom stereocenters. The average Bonchev–Trinajstić information content (AvgIpc) is 3.29. The maximum atomic E-state index is 4.84. The van der Waals surface area contributed by atoms with Crippen molar-refractivity contribution in [2.75, 3.05) is 25.0 Å². The molecule has 2 aliphatic rings. The fourth-order valence-corrected chi connectivity index (χ4v) is 4.49. The van der Waals surface area contributed by atoms with Crippen LogP contribution in [0.25, 0.3) is 5.65 Å². The molecule has 1 aliphatic carbocycles. The molecule has 0 unspecified atom stereocenters. The molecule has 4 heterocycles. The first-order valence-corrected chi connectivity index (χ1v) is 10.5. The summed E-state index contributed by atoms with van der Waals surface area (Å²) in [7, 11) is 4.31. The number of hydrogen-bond acceptors (Lipinski definition) is 6. The third-order valence-corrected chi connectivity index (χ3v) is 6.33. The zero-order valence-electron chi connectivity index (χ0n) is 18.1. The second-order valence-electron chi connectivity index (χ2n) is 9.56. The Morgan fingerprint density at radius 3 is 2.66 bits per heavy atom. The Hall–Kier alpha value is -2.48. The largest absolute Gasteiger partial charge is 0.352 e. The number of aromatic nitrogens is 6. The molecule has 5 rings (SSSR count). The van der Waals surface area contributed by atoms with Crippen LogP contribution in [0.1, 0.15) is 50.0 Å². The van der Waals surface area contributed by atoms with Crippen LogP contribution in [0.2, 0.25) is 0 Å². The van der Waals surface area contributed by atoms with Gasteiger partial charge in [-0.25, -0.2) is 0 Å². The van der Waals surface area contributed by atoms with Crippen molar-refractivity contribution in [1.29, 1.82) is 0 Å². The Balaban J connectivity index is 1.28. The fraction of sp³-hybridized carbons (Fsp3) is 0.619. The van der Waals surface area contributed by atoms with Crippen molar-refractivity contribution >= 4 is 11.5 Å². The predicted molar refractivity (Wildman–Crippen MR) is 112 cm³/mol. The highest BCUT2D eigenvalue weighted by Crippen LogP contribution is 2.28. The lowest BCUT2D eigenvalue weighted by Gasteiger charge is -2.44. The quantitative estimate of drug-likeness (QED) is 0.674. The first kappa shape index (κ1) is 18.5. The van der Waals surface area contributed by atoms with Crippen molar-refractivity contribution in [3.63, 3.8) is 0 Å². The Kier molecular flexibility index (Phi) is 4.17. The number of fused-ring (bicyclic) bond motifs is 2. The van der Waals surface area contributed by atoms with Crippen LogP contribution in [0, 0.1) is 0 Å². The summed E-state index contributed by atoms with van der Waals surface area (Å²) in [5.41, 5.74) is 4.90. The third kappa shape index (κ3) is 3.10. The number of rotatable bonds is 4. The van der Waals surface area contributed by atoms with Crippen LogP contribution in [0.5, 0.6) is 0 Å². The van der Waals surface area contributed by atoms with Crippen LogP contribution >= 0.6 is 0 Å². The maximum Gasteiger partial charge on any atom is 0.178 e. The monoisotopic (exact) mass is 394 g/mol. The molecule has 0 saturated carbocycles. The summed E-state index contributed by atoms with van der Waals surface area (Å²) in [5.74, 6) is 1.89. The average molecular weight is 395 g/mol. The van der Waals surface area contributed by atoms with Gasteiger partial charge < -0.3 is 4.90 Å². The zero-order valence-corrected chi connectivity index (χ0v) is 18.1. The summed E-state index contributed by atoms with van der Waals surface area (Å²) in [5, 5.41) is 18.2. The normalized spacial score (nSPS) is 17.4. The molecule has 1 aliphatic heterocycles. The van der Waals surface area contributed by atoms with Gasteiger partial charge in [-0.1, -0.05) is 20.8 Å². The van der Waals surface area contributed by atoms with E-state index in [1.165, 1.54) is 29.8 Å². The van der Waals surface area contributed by atoms with Gasteiger partial charge in [-0.3, -0.25) is 9.58 Å². The highest BCUT2D eigenvalue weighted by molar-refractivity contribution is 5.48. The smallest absolute Gasteiger partial charge is 0.178 e. The van der Waals surface area contributed by atoms with Crippen LogP contribution in [0.4, 0.5) is 5.82 Å². The minimum atomic E-state index is -0.0912. The van der Waals surface area contributed by atoms with E-state index in [1.807, 2.05) is 10.6 Å². The van der Waals surface area contributed by atoms with Gasteiger partial charge in [0.25, 0.3) is 0 Å². The molecule has 154 valence electrons. The van der Waals surface area contributed by atoms with Crippen molar-refractivity contribution in [3.05, 3.63) is 34.9 Å². The molecule has 1 fully saturated rings.